The van der Waals surface area contributed by atoms with Gasteiger partial charge in [0.2, 0.25) is 0 Å². The molecule has 0 aliphatic rings. The summed E-state index contributed by atoms with van der Waals surface area (Å²) >= 11 is 1.31. The molecular weight excluding hydrogens is 603 g/mol. The third kappa shape index (κ3) is 5.12. The zero-order valence-electron chi connectivity index (χ0n) is 25.1. The number of aryl methyl sites for hydroxylation is 1. The summed E-state index contributed by atoms with van der Waals surface area (Å²) in [4.78, 5) is 17.6. The number of nitrogens with zero attached hydrogens (tertiary/aromatic N) is 3. The molecule has 0 saturated heterocycles. The van der Waals surface area contributed by atoms with Gasteiger partial charge in [-0.05, 0) is 73.7 Å². The highest BCUT2D eigenvalue weighted by Gasteiger charge is 2.32. The van der Waals surface area contributed by atoms with Gasteiger partial charge in [-0.2, -0.15) is 5.26 Å². The summed E-state index contributed by atoms with van der Waals surface area (Å²) < 4.78 is 35.5. The molecule has 7 nitrogen and oxygen atoms in total. The first-order valence-corrected chi connectivity index (χ1v) is 16.5. The van der Waals surface area contributed by atoms with Gasteiger partial charge in [-0.1, -0.05) is 54.1 Å². The van der Waals surface area contributed by atoms with Crippen LogP contribution in [0.15, 0.2) is 108 Å². The van der Waals surface area contributed by atoms with Crippen molar-refractivity contribution in [1.82, 2.24) is 8.96 Å². The van der Waals surface area contributed by atoms with E-state index in [9.17, 15) is 18.5 Å². The van der Waals surface area contributed by atoms with E-state index in [4.69, 9.17) is 4.74 Å². The molecule has 0 N–H and O–H groups in total. The van der Waals surface area contributed by atoms with Gasteiger partial charge in [0, 0.05) is 40.0 Å². The van der Waals surface area contributed by atoms with Crippen molar-refractivity contribution < 1.29 is 17.9 Å². The number of nitriles is 1. The largest absolute Gasteiger partial charge is 0.468 e. The maximum Gasteiger partial charge on any atom is 0.315 e. The second-order valence-corrected chi connectivity index (χ2v) is 14.0. The normalized spacial score (nSPS) is 11.8. The minimum absolute atomic E-state index is 0.158. The molecule has 224 valence electrons. The standard InChI is InChI=1S/C36H29N3O4S2/c1-23-12-14-28(15-13-23)45(41,42)39-31-11-6-5-10-29(31)33(30-16-17-44-32(30)20-37)34(39)25-9-7-8-24(18-25)26-19-27(22-38-21-26)36(2,3)35(40)43-4/h5-19,21-22H,1-4H3. The molecule has 0 aliphatic carbocycles. The van der Waals surface area contributed by atoms with Crippen molar-refractivity contribution in [3.8, 4) is 39.6 Å². The smallest absolute Gasteiger partial charge is 0.315 e. The number of pyridine rings is 1. The Balaban J connectivity index is 1.66. The second kappa shape index (κ2) is 11.5. The SMILES string of the molecule is COC(=O)C(C)(C)c1cncc(-c2cccc(-c3c(-c4ccsc4C#N)c4ccccc4n3S(=O)(=O)c3ccc(C)cc3)c2)c1. The Morgan fingerprint density at radius 1 is 0.933 bits per heavy atom. The quantitative estimate of drug-likeness (QED) is 0.166. The minimum atomic E-state index is -4.09. The van der Waals surface area contributed by atoms with E-state index >= 15 is 0 Å². The lowest BCUT2D eigenvalue weighted by Crippen LogP contribution is -2.30. The van der Waals surface area contributed by atoms with Gasteiger partial charge in [0.15, 0.2) is 0 Å². The van der Waals surface area contributed by atoms with Crippen LogP contribution in [0.4, 0.5) is 0 Å². The number of carbonyl (C=O) groups is 1. The van der Waals surface area contributed by atoms with Crippen LogP contribution in [0.25, 0.3) is 44.4 Å². The zero-order valence-corrected chi connectivity index (χ0v) is 26.7. The van der Waals surface area contributed by atoms with Crippen molar-refractivity contribution in [3.05, 3.63) is 119 Å². The van der Waals surface area contributed by atoms with E-state index < -0.39 is 15.4 Å². The van der Waals surface area contributed by atoms with E-state index in [1.54, 1.807) is 56.6 Å². The minimum Gasteiger partial charge on any atom is -0.468 e. The first-order chi connectivity index (χ1) is 21.6. The molecule has 0 radical (unpaired) electrons. The summed E-state index contributed by atoms with van der Waals surface area (Å²) in [6.07, 6.45) is 3.36. The van der Waals surface area contributed by atoms with E-state index in [-0.39, 0.29) is 10.9 Å². The molecule has 0 amide bonds. The van der Waals surface area contributed by atoms with Gasteiger partial charge in [0.1, 0.15) is 10.9 Å². The lowest BCUT2D eigenvalue weighted by atomic mass is 9.84. The van der Waals surface area contributed by atoms with Gasteiger partial charge in [-0.3, -0.25) is 9.78 Å². The number of rotatable bonds is 7. The number of hydrogen-bond donors (Lipinski definition) is 0. The number of para-hydroxylation sites is 1. The highest BCUT2D eigenvalue weighted by molar-refractivity contribution is 7.90. The summed E-state index contributed by atoms with van der Waals surface area (Å²) in [7, 11) is -2.74. The zero-order chi connectivity index (χ0) is 31.9. The van der Waals surface area contributed by atoms with Crippen LogP contribution in [0.2, 0.25) is 0 Å². The van der Waals surface area contributed by atoms with E-state index in [0.29, 0.717) is 43.7 Å². The van der Waals surface area contributed by atoms with Crippen molar-refractivity contribution in [2.45, 2.75) is 31.1 Å². The molecule has 0 bridgehead atoms. The van der Waals surface area contributed by atoms with E-state index in [2.05, 4.69) is 11.1 Å². The van der Waals surface area contributed by atoms with E-state index in [1.165, 1.54) is 22.4 Å². The molecule has 0 fully saturated rings. The number of carbonyl (C=O) groups excluding carboxylic acids is 1. The molecular formula is C36H29N3O4S2. The summed E-state index contributed by atoms with van der Waals surface area (Å²) in [5, 5.41) is 12.6. The van der Waals surface area contributed by atoms with Gasteiger partial charge in [0.25, 0.3) is 10.0 Å². The lowest BCUT2D eigenvalue weighted by Gasteiger charge is -2.22. The molecule has 3 aromatic carbocycles. The Morgan fingerprint density at radius 3 is 2.40 bits per heavy atom. The Hall–Kier alpha value is -5.04. The van der Waals surface area contributed by atoms with Crippen LogP contribution in [0.3, 0.4) is 0 Å². The number of benzene rings is 3. The van der Waals surface area contributed by atoms with Crippen LogP contribution in [-0.2, 0) is 25.0 Å². The van der Waals surface area contributed by atoms with Gasteiger partial charge in [-0.15, -0.1) is 11.3 Å². The van der Waals surface area contributed by atoms with Gasteiger partial charge < -0.3 is 4.74 Å². The van der Waals surface area contributed by atoms with Gasteiger partial charge >= 0.3 is 5.97 Å². The average Bonchev–Trinajstić information content (AvgIpc) is 3.67. The molecule has 0 spiro atoms. The molecule has 0 aliphatic heterocycles. The van der Waals surface area contributed by atoms with Gasteiger partial charge in [0.05, 0.1) is 28.6 Å². The Labute approximate surface area is 266 Å². The third-order valence-corrected chi connectivity index (χ3v) is 10.6. The van der Waals surface area contributed by atoms with Crippen LogP contribution >= 0.6 is 11.3 Å². The molecule has 45 heavy (non-hydrogen) atoms. The van der Waals surface area contributed by atoms with Crippen LogP contribution in [-0.4, -0.2) is 30.5 Å². The number of fused-ring (bicyclic) bond motifs is 1. The molecule has 0 saturated carbocycles. The van der Waals surface area contributed by atoms with Crippen molar-refractivity contribution >= 4 is 38.2 Å². The molecule has 0 unspecified atom stereocenters. The molecule has 6 rings (SSSR count). The summed E-state index contributed by atoms with van der Waals surface area (Å²) in [5.74, 6) is -0.380. The summed E-state index contributed by atoms with van der Waals surface area (Å²) in [6, 6.07) is 27.8. The molecule has 3 aromatic heterocycles. The summed E-state index contributed by atoms with van der Waals surface area (Å²) in [5.41, 5.74) is 5.17. The highest BCUT2D eigenvalue weighted by atomic mass is 32.2. The lowest BCUT2D eigenvalue weighted by molar-refractivity contribution is -0.146. The van der Waals surface area contributed by atoms with Crippen LogP contribution in [0.1, 0.15) is 29.9 Å². The highest BCUT2D eigenvalue weighted by Crippen LogP contribution is 2.45. The Kier molecular flexibility index (Phi) is 7.65. The average molecular weight is 632 g/mol. The predicted molar refractivity (Wildman–Crippen MR) is 177 cm³/mol. The third-order valence-electron chi connectivity index (χ3n) is 8.05. The van der Waals surface area contributed by atoms with E-state index in [0.717, 1.165) is 16.7 Å². The first kappa shape index (κ1) is 30.0. The van der Waals surface area contributed by atoms with Crippen LogP contribution in [0.5, 0.6) is 0 Å². The number of methoxy groups -OCH3 is 1. The molecule has 6 aromatic rings. The van der Waals surface area contributed by atoms with Crippen molar-refractivity contribution in [2.24, 2.45) is 0 Å². The van der Waals surface area contributed by atoms with Crippen LogP contribution < -0.4 is 0 Å². The van der Waals surface area contributed by atoms with E-state index in [1.807, 2.05) is 66.9 Å². The van der Waals surface area contributed by atoms with Gasteiger partial charge in [-0.25, -0.2) is 12.4 Å². The fraction of sp³-hybridized carbons (Fsp3) is 0.139. The molecule has 0 atom stereocenters. The maximum atomic E-state index is 14.5. The van der Waals surface area contributed by atoms with Crippen molar-refractivity contribution in [1.29, 1.82) is 5.26 Å². The monoisotopic (exact) mass is 631 g/mol. The fourth-order valence-corrected chi connectivity index (χ4v) is 7.80. The Bertz CT molecular complexity index is 2240. The molecule has 3 heterocycles. The number of aromatic nitrogens is 2. The topological polar surface area (TPSA) is 102 Å². The first-order valence-electron chi connectivity index (χ1n) is 14.2. The van der Waals surface area contributed by atoms with Crippen LogP contribution in [0, 0.1) is 18.3 Å². The summed E-state index contributed by atoms with van der Waals surface area (Å²) in [6.45, 7) is 5.47. The number of thiophene rings is 1. The number of ether oxygens (including phenoxy) is 1. The number of esters is 1. The Morgan fingerprint density at radius 2 is 1.67 bits per heavy atom. The van der Waals surface area contributed by atoms with Crippen molar-refractivity contribution in [3.63, 3.8) is 0 Å². The van der Waals surface area contributed by atoms with Crippen molar-refractivity contribution in [2.75, 3.05) is 7.11 Å². The molecule has 9 heteroatoms. The second-order valence-electron chi connectivity index (χ2n) is 11.3. The predicted octanol–water partition coefficient (Wildman–Crippen LogP) is 7.97. The maximum absolute atomic E-state index is 14.5. The number of hydrogen-bond acceptors (Lipinski definition) is 7. The fourth-order valence-electron chi connectivity index (χ4n) is 5.56.